The number of methoxy groups -OCH3 is 1. The molecule has 1 amide bonds. The van der Waals surface area contributed by atoms with Gasteiger partial charge in [0.1, 0.15) is 5.75 Å². The summed E-state index contributed by atoms with van der Waals surface area (Å²) in [6.07, 6.45) is 1.40. The maximum Gasteiger partial charge on any atom is 0.271 e. The average molecular weight is 299 g/mol. The van der Waals surface area contributed by atoms with Crippen LogP contribution in [-0.2, 0) is 0 Å². The second-order valence-corrected chi connectivity index (χ2v) is 4.28. The highest BCUT2D eigenvalue weighted by atomic mass is 16.6. The van der Waals surface area contributed by atoms with Gasteiger partial charge in [0, 0.05) is 17.7 Å². The van der Waals surface area contributed by atoms with Gasteiger partial charge in [0.05, 0.1) is 18.2 Å². The largest absolute Gasteiger partial charge is 0.497 e. The standard InChI is InChI=1S/C15H13N3O4/c1-22-14-4-2-3-12(9-14)15(19)17-16-10-11-5-7-13(8-6-11)18(20)21/h2-10H,1H3,(H,17,19)/b16-10-. The van der Waals surface area contributed by atoms with Crippen molar-refractivity contribution in [3.63, 3.8) is 0 Å². The third-order valence-corrected chi connectivity index (χ3v) is 2.82. The van der Waals surface area contributed by atoms with E-state index in [0.29, 0.717) is 16.9 Å². The average Bonchev–Trinajstić information content (AvgIpc) is 2.55. The number of nitro benzene ring substituents is 1. The van der Waals surface area contributed by atoms with Crippen molar-refractivity contribution in [2.75, 3.05) is 7.11 Å². The van der Waals surface area contributed by atoms with E-state index in [9.17, 15) is 14.9 Å². The van der Waals surface area contributed by atoms with Crippen LogP contribution in [-0.4, -0.2) is 24.2 Å². The molecule has 22 heavy (non-hydrogen) atoms. The van der Waals surface area contributed by atoms with Crippen molar-refractivity contribution in [3.8, 4) is 5.75 Å². The van der Waals surface area contributed by atoms with E-state index in [4.69, 9.17) is 4.74 Å². The van der Waals surface area contributed by atoms with Crippen LogP contribution < -0.4 is 10.2 Å². The van der Waals surface area contributed by atoms with Gasteiger partial charge in [0.2, 0.25) is 0 Å². The molecular weight excluding hydrogens is 286 g/mol. The lowest BCUT2D eigenvalue weighted by Gasteiger charge is -2.02. The first-order chi connectivity index (χ1) is 10.6. The predicted octanol–water partition coefficient (Wildman–Crippen LogP) is 2.37. The number of nitrogens with one attached hydrogen (secondary N) is 1. The van der Waals surface area contributed by atoms with Crippen molar-refractivity contribution in [2.45, 2.75) is 0 Å². The van der Waals surface area contributed by atoms with Crippen LogP contribution in [0.3, 0.4) is 0 Å². The fourth-order valence-corrected chi connectivity index (χ4v) is 1.68. The second kappa shape index (κ2) is 6.98. The maximum absolute atomic E-state index is 11.9. The number of hydrogen-bond acceptors (Lipinski definition) is 5. The second-order valence-electron chi connectivity index (χ2n) is 4.28. The summed E-state index contributed by atoms with van der Waals surface area (Å²) in [5, 5.41) is 14.3. The smallest absolute Gasteiger partial charge is 0.271 e. The van der Waals surface area contributed by atoms with Crippen LogP contribution in [0.5, 0.6) is 5.75 Å². The molecule has 2 aromatic carbocycles. The van der Waals surface area contributed by atoms with Gasteiger partial charge in [-0.2, -0.15) is 5.10 Å². The highest BCUT2D eigenvalue weighted by Gasteiger charge is 2.05. The van der Waals surface area contributed by atoms with E-state index in [0.717, 1.165) is 0 Å². The minimum Gasteiger partial charge on any atom is -0.497 e. The summed E-state index contributed by atoms with van der Waals surface area (Å²) >= 11 is 0. The maximum atomic E-state index is 11.9. The zero-order valence-corrected chi connectivity index (χ0v) is 11.7. The normalized spacial score (nSPS) is 10.4. The van der Waals surface area contributed by atoms with Gasteiger partial charge in [-0.05, 0) is 35.9 Å². The molecule has 0 bridgehead atoms. The van der Waals surface area contributed by atoms with E-state index in [1.165, 1.54) is 25.5 Å². The Labute approximate surface area is 126 Å². The SMILES string of the molecule is COc1cccc(C(=O)N/N=C\c2ccc([N+](=O)[O-])cc2)c1. The van der Waals surface area contributed by atoms with E-state index in [1.807, 2.05) is 0 Å². The molecule has 0 aliphatic carbocycles. The molecule has 1 N–H and O–H groups in total. The van der Waals surface area contributed by atoms with E-state index in [2.05, 4.69) is 10.5 Å². The minimum absolute atomic E-state index is 0.00225. The number of rotatable bonds is 5. The van der Waals surface area contributed by atoms with Gasteiger partial charge in [0.15, 0.2) is 0 Å². The number of hydrazone groups is 1. The van der Waals surface area contributed by atoms with E-state index in [1.54, 1.807) is 36.4 Å². The molecule has 7 nitrogen and oxygen atoms in total. The Kier molecular flexibility index (Phi) is 4.81. The van der Waals surface area contributed by atoms with Crippen LogP contribution in [0.4, 0.5) is 5.69 Å². The number of hydrogen-bond donors (Lipinski definition) is 1. The molecule has 2 rings (SSSR count). The van der Waals surface area contributed by atoms with Crippen LogP contribution in [0, 0.1) is 10.1 Å². The fourth-order valence-electron chi connectivity index (χ4n) is 1.68. The summed E-state index contributed by atoms with van der Waals surface area (Å²) in [6.45, 7) is 0. The van der Waals surface area contributed by atoms with Crippen LogP contribution in [0.25, 0.3) is 0 Å². The molecule has 0 aliphatic rings. The Hall–Kier alpha value is -3.22. The van der Waals surface area contributed by atoms with Gasteiger partial charge < -0.3 is 4.74 Å². The lowest BCUT2D eigenvalue weighted by molar-refractivity contribution is -0.384. The number of nitrogens with zero attached hydrogens (tertiary/aromatic N) is 2. The lowest BCUT2D eigenvalue weighted by Crippen LogP contribution is -2.17. The molecule has 7 heteroatoms. The third kappa shape index (κ3) is 3.89. The van der Waals surface area contributed by atoms with Crippen molar-refractivity contribution in [1.82, 2.24) is 5.43 Å². The highest BCUT2D eigenvalue weighted by molar-refractivity contribution is 5.95. The molecule has 0 heterocycles. The number of carbonyl (C=O) groups excluding carboxylic acids is 1. The van der Waals surface area contributed by atoms with Crippen LogP contribution in [0.15, 0.2) is 53.6 Å². The molecule has 0 unspecified atom stereocenters. The summed E-state index contributed by atoms with van der Waals surface area (Å²) < 4.78 is 5.04. The number of carbonyl (C=O) groups is 1. The first kappa shape index (κ1) is 15.2. The number of benzene rings is 2. The number of non-ortho nitro benzene ring substituents is 1. The number of amides is 1. The third-order valence-electron chi connectivity index (χ3n) is 2.82. The summed E-state index contributed by atoms with van der Waals surface area (Å²) in [4.78, 5) is 21.9. The summed E-state index contributed by atoms with van der Waals surface area (Å²) in [5.74, 6) is 0.198. The zero-order valence-electron chi connectivity index (χ0n) is 11.7. The molecule has 0 atom stereocenters. The predicted molar refractivity (Wildman–Crippen MR) is 81.2 cm³/mol. The number of ether oxygens (including phenoxy) is 1. The van der Waals surface area contributed by atoms with Crippen molar-refractivity contribution >= 4 is 17.8 Å². The summed E-state index contributed by atoms with van der Waals surface area (Å²) in [6, 6.07) is 12.5. The van der Waals surface area contributed by atoms with Crippen LogP contribution >= 0.6 is 0 Å². The van der Waals surface area contributed by atoms with E-state index < -0.39 is 4.92 Å². The summed E-state index contributed by atoms with van der Waals surface area (Å²) in [5.41, 5.74) is 3.43. The van der Waals surface area contributed by atoms with Crippen LogP contribution in [0.1, 0.15) is 15.9 Å². The first-order valence-electron chi connectivity index (χ1n) is 6.32. The Morgan fingerprint density at radius 2 is 2.00 bits per heavy atom. The van der Waals surface area contributed by atoms with Crippen LogP contribution in [0.2, 0.25) is 0 Å². The van der Waals surface area contributed by atoms with Gasteiger partial charge in [0.25, 0.3) is 11.6 Å². The van der Waals surface area contributed by atoms with Gasteiger partial charge in [-0.15, -0.1) is 0 Å². The minimum atomic E-state index is -0.481. The quantitative estimate of drug-likeness (QED) is 0.521. The molecular formula is C15H13N3O4. The van der Waals surface area contributed by atoms with Gasteiger partial charge in [-0.25, -0.2) is 5.43 Å². The summed E-state index contributed by atoms with van der Waals surface area (Å²) in [7, 11) is 1.52. The number of nitro groups is 1. The molecule has 0 spiro atoms. The van der Waals surface area contributed by atoms with Crippen molar-refractivity contribution in [2.24, 2.45) is 5.10 Å². The highest BCUT2D eigenvalue weighted by Crippen LogP contribution is 2.12. The molecule has 0 aromatic heterocycles. The van der Waals surface area contributed by atoms with Gasteiger partial charge in [-0.3, -0.25) is 14.9 Å². The molecule has 2 aromatic rings. The van der Waals surface area contributed by atoms with E-state index >= 15 is 0 Å². The monoisotopic (exact) mass is 299 g/mol. The topological polar surface area (TPSA) is 93.8 Å². The van der Waals surface area contributed by atoms with Crippen molar-refractivity contribution in [3.05, 3.63) is 69.8 Å². The Bertz CT molecular complexity index is 711. The van der Waals surface area contributed by atoms with Crippen molar-refractivity contribution in [1.29, 1.82) is 0 Å². The van der Waals surface area contributed by atoms with E-state index in [-0.39, 0.29) is 11.6 Å². The molecule has 0 saturated carbocycles. The van der Waals surface area contributed by atoms with Crippen molar-refractivity contribution < 1.29 is 14.5 Å². The Morgan fingerprint density at radius 1 is 1.27 bits per heavy atom. The Morgan fingerprint density at radius 3 is 2.64 bits per heavy atom. The van der Waals surface area contributed by atoms with Gasteiger partial charge in [-0.1, -0.05) is 6.07 Å². The molecule has 112 valence electrons. The first-order valence-corrected chi connectivity index (χ1v) is 6.32. The molecule has 0 fully saturated rings. The van der Waals surface area contributed by atoms with Gasteiger partial charge >= 0.3 is 0 Å². The Balaban J connectivity index is 1.99. The zero-order chi connectivity index (χ0) is 15.9. The fraction of sp³-hybridized carbons (Fsp3) is 0.0667. The molecule has 0 saturated heterocycles. The molecule has 0 radical (unpaired) electrons. The lowest BCUT2D eigenvalue weighted by atomic mass is 10.2. The molecule has 0 aliphatic heterocycles.